The number of aromatic nitrogens is 1. The number of likely N-dealkylation sites (tertiary alicyclic amines) is 1. The molecule has 1 aromatic heterocycles. The van der Waals surface area contributed by atoms with E-state index in [0.29, 0.717) is 30.1 Å². The Hall–Kier alpha value is -2.42. The van der Waals surface area contributed by atoms with Crippen molar-refractivity contribution in [3.8, 4) is 17.0 Å². The molecule has 2 aromatic rings. The van der Waals surface area contributed by atoms with Gasteiger partial charge in [-0.3, -0.25) is 0 Å². The zero-order valence-corrected chi connectivity index (χ0v) is 19.3. The van der Waals surface area contributed by atoms with Gasteiger partial charge >= 0.3 is 6.09 Å². The summed E-state index contributed by atoms with van der Waals surface area (Å²) in [7, 11) is 1.48. The maximum Gasteiger partial charge on any atom is 0.410 e. The van der Waals surface area contributed by atoms with E-state index in [1.165, 1.54) is 25.3 Å². The fourth-order valence-electron chi connectivity index (χ4n) is 3.62. The zero-order chi connectivity index (χ0) is 23.7. The summed E-state index contributed by atoms with van der Waals surface area (Å²) in [4.78, 5) is 18.2. The molecule has 0 radical (unpaired) electrons. The lowest BCUT2D eigenvalue weighted by atomic mass is 9.84. The summed E-state index contributed by atoms with van der Waals surface area (Å²) >= 11 is 5.92. The van der Waals surface area contributed by atoms with Crippen molar-refractivity contribution in [3.63, 3.8) is 0 Å². The van der Waals surface area contributed by atoms with E-state index in [2.05, 4.69) is 4.98 Å². The van der Waals surface area contributed by atoms with Gasteiger partial charge < -0.3 is 24.6 Å². The molecule has 7 nitrogen and oxygen atoms in total. The highest BCUT2D eigenvalue weighted by Gasteiger charge is 2.41. The van der Waals surface area contributed by atoms with Crippen molar-refractivity contribution < 1.29 is 28.9 Å². The average Bonchev–Trinajstić information content (AvgIpc) is 2.70. The summed E-state index contributed by atoms with van der Waals surface area (Å²) < 4.78 is 24.3. The van der Waals surface area contributed by atoms with E-state index in [-0.39, 0.29) is 23.1 Å². The van der Waals surface area contributed by atoms with Gasteiger partial charge in [-0.1, -0.05) is 11.6 Å². The molecule has 9 heteroatoms. The van der Waals surface area contributed by atoms with E-state index >= 15 is 0 Å². The maximum absolute atomic E-state index is 13.6. The molecule has 2 heterocycles. The van der Waals surface area contributed by atoms with Crippen LogP contribution in [0.15, 0.2) is 30.3 Å². The van der Waals surface area contributed by atoms with Crippen molar-refractivity contribution in [2.45, 2.75) is 38.4 Å². The van der Waals surface area contributed by atoms with Crippen LogP contribution in [0.5, 0.6) is 5.75 Å². The van der Waals surface area contributed by atoms with Gasteiger partial charge in [0.05, 0.1) is 24.4 Å². The number of hydrogen-bond donors (Lipinski definition) is 2. The van der Waals surface area contributed by atoms with Gasteiger partial charge in [0.15, 0.2) is 0 Å². The van der Waals surface area contributed by atoms with Crippen LogP contribution in [-0.2, 0) is 10.3 Å². The highest BCUT2D eigenvalue weighted by Crippen LogP contribution is 2.36. The molecule has 1 saturated heterocycles. The first-order valence-electron chi connectivity index (χ1n) is 10.3. The van der Waals surface area contributed by atoms with E-state index < -0.39 is 29.7 Å². The molecule has 0 aliphatic carbocycles. The molecule has 32 heavy (non-hydrogen) atoms. The number of aliphatic hydroxyl groups excluding tert-OH is 1. The zero-order valence-electron chi connectivity index (χ0n) is 18.6. The molecule has 1 amide bonds. The highest BCUT2D eigenvalue weighted by atomic mass is 35.5. The Labute approximate surface area is 191 Å². The number of methoxy groups -OCH3 is 1. The molecule has 0 spiro atoms. The molecule has 174 valence electrons. The fourth-order valence-corrected chi connectivity index (χ4v) is 3.80. The number of amides is 1. The van der Waals surface area contributed by atoms with Crippen LogP contribution in [0.3, 0.4) is 0 Å². The van der Waals surface area contributed by atoms with Gasteiger partial charge in [0, 0.05) is 18.7 Å². The maximum atomic E-state index is 13.6. The first-order chi connectivity index (χ1) is 15.0. The monoisotopic (exact) mass is 466 g/mol. The molecule has 2 N–H and O–H groups in total. The van der Waals surface area contributed by atoms with Crippen molar-refractivity contribution in [3.05, 3.63) is 46.9 Å². The van der Waals surface area contributed by atoms with Crippen LogP contribution in [0.25, 0.3) is 11.3 Å². The SMILES string of the molecule is COc1ccc(C(O)(CO)CC2CN(C(=O)OC(C)(C)C)C2)nc1-c1ccc(F)c(Cl)c1. The van der Waals surface area contributed by atoms with Gasteiger partial charge in [-0.2, -0.15) is 0 Å². The molecule has 1 unspecified atom stereocenters. The topological polar surface area (TPSA) is 92.1 Å². The second-order valence-corrected chi connectivity index (χ2v) is 9.43. The molecule has 1 aliphatic heterocycles. The predicted octanol–water partition coefficient (Wildman–Crippen LogP) is 3.99. The largest absolute Gasteiger partial charge is 0.494 e. The number of ether oxygens (including phenoxy) is 2. The summed E-state index contributed by atoms with van der Waals surface area (Å²) in [6, 6.07) is 7.37. The van der Waals surface area contributed by atoms with E-state index in [4.69, 9.17) is 21.1 Å². The number of carbonyl (C=O) groups excluding carboxylic acids is 1. The Bertz CT molecular complexity index is 991. The van der Waals surface area contributed by atoms with Crippen LogP contribution < -0.4 is 4.74 Å². The Morgan fingerprint density at radius 2 is 1.97 bits per heavy atom. The van der Waals surface area contributed by atoms with Crippen LogP contribution in [0.2, 0.25) is 5.02 Å². The van der Waals surface area contributed by atoms with Crippen molar-refractivity contribution in [1.82, 2.24) is 9.88 Å². The lowest BCUT2D eigenvalue weighted by molar-refractivity contribution is -0.0661. The standard InChI is InChI=1S/C23H28ClFN2O5/c1-22(2,3)32-21(29)27-11-14(12-27)10-23(30,13-28)19-8-7-18(31-4)20(26-19)15-5-6-17(25)16(24)9-15/h5-9,14,28,30H,10-13H2,1-4H3. The van der Waals surface area contributed by atoms with Crippen molar-refractivity contribution in [1.29, 1.82) is 0 Å². The van der Waals surface area contributed by atoms with Gasteiger partial charge in [0.1, 0.15) is 28.5 Å². The smallest absolute Gasteiger partial charge is 0.410 e. The van der Waals surface area contributed by atoms with Gasteiger partial charge in [0.2, 0.25) is 0 Å². The third kappa shape index (κ3) is 5.31. The Morgan fingerprint density at radius 3 is 2.53 bits per heavy atom. The molecule has 1 atom stereocenters. The lowest BCUT2D eigenvalue weighted by Crippen LogP contribution is -2.53. The fraction of sp³-hybridized carbons (Fsp3) is 0.478. The minimum atomic E-state index is -1.63. The van der Waals surface area contributed by atoms with Crippen LogP contribution in [-0.4, -0.2) is 58.6 Å². The molecule has 0 saturated carbocycles. The number of carbonyl (C=O) groups is 1. The van der Waals surface area contributed by atoms with Gasteiger partial charge in [-0.05, 0) is 63.4 Å². The average molecular weight is 467 g/mol. The Morgan fingerprint density at radius 1 is 1.28 bits per heavy atom. The molecule has 1 aromatic carbocycles. The second-order valence-electron chi connectivity index (χ2n) is 9.02. The van der Waals surface area contributed by atoms with Gasteiger partial charge in [-0.15, -0.1) is 0 Å². The number of nitrogens with zero attached hydrogens (tertiary/aromatic N) is 2. The number of halogens is 2. The summed E-state index contributed by atoms with van der Waals surface area (Å²) in [6.45, 7) is 5.66. The number of pyridine rings is 1. The number of aliphatic hydroxyl groups is 2. The molecule has 3 rings (SSSR count). The van der Waals surface area contributed by atoms with E-state index in [1.54, 1.807) is 37.8 Å². The van der Waals surface area contributed by atoms with Crippen molar-refractivity contribution in [2.75, 3.05) is 26.8 Å². The minimum absolute atomic E-state index is 0.0349. The molecule has 1 fully saturated rings. The Balaban J connectivity index is 1.79. The van der Waals surface area contributed by atoms with E-state index in [0.717, 1.165) is 0 Å². The van der Waals surface area contributed by atoms with Crippen molar-refractivity contribution >= 4 is 17.7 Å². The predicted molar refractivity (Wildman–Crippen MR) is 118 cm³/mol. The number of hydrogen-bond acceptors (Lipinski definition) is 6. The number of rotatable bonds is 6. The molecule has 0 bridgehead atoms. The van der Waals surface area contributed by atoms with Crippen LogP contribution in [0, 0.1) is 11.7 Å². The van der Waals surface area contributed by atoms with E-state index in [9.17, 15) is 19.4 Å². The Kier molecular flexibility index (Phi) is 6.97. The molecule has 1 aliphatic rings. The normalized spacial score (nSPS) is 16.3. The third-order valence-electron chi connectivity index (χ3n) is 5.24. The van der Waals surface area contributed by atoms with Crippen molar-refractivity contribution in [2.24, 2.45) is 5.92 Å². The minimum Gasteiger partial charge on any atom is -0.494 e. The first-order valence-corrected chi connectivity index (χ1v) is 10.7. The van der Waals surface area contributed by atoms with E-state index in [1.807, 2.05) is 0 Å². The van der Waals surface area contributed by atoms with Gasteiger partial charge in [0.25, 0.3) is 0 Å². The number of benzene rings is 1. The third-order valence-corrected chi connectivity index (χ3v) is 5.53. The summed E-state index contributed by atoms with van der Waals surface area (Å²) in [5, 5.41) is 21.1. The van der Waals surface area contributed by atoms with Gasteiger partial charge in [-0.25, -0.2) is 14.2 Å². The highest BCUT2D eigenvalue weighted by molar-refractivity contribution is 6.31. The second kappa shape index (κ2) is 9.21. The van der Waals surface area contributed by atoms with Crippen LogP contribution in [0.1, 0.15) is 32.9 Å². The molecular formula is C23H28ClFN2O5. The summed E-state index contributed by atoms with van der Waals surface area (Å²) in [5.74, 6) is -0.180. The molecular weight excluding hydrogens is 439 g/mol. The summed E-state index contributed by atoms with van der Waals surface area (Å²) in [5.41, 5.74) is -1.10. The lowest BCUT2D eigenvalue weighted by Gasteiger charge is -2.42. The van der Waals surface area contributed by atoms with Crippen LogP contribution >= 0.6 is 11.6 Å². The van der Waals surface area contributed by atoms with Crippen LogP contribution in [0.4, 0.5) is 9.18 Å². The summed E-state index contributed by atoms with van der Waals surface area (Å²) in [6.07, 6.45) is -0.203. The first kappa shape index (κ1) is 24.2. The quantitative estimate of drug-likeness (QED) is 0.668.